The van der Waals surface area contributed by atoms with Crippen molar-refractivity contribution in [2.45, 2.75) is 58.3 Å². The van der Waals surface area contributed by atoms with E-state index in [4.69, 9.17) is 9.47 Å². The number of benzene rings is 3. The first-order valence-corrected chi connectivity index (χ1v) is 15.6. The van der Waals surface area contributed by atoms with Crippen molar-refractivity contribution in [1.29, 1.82) is 0 Å². The number of nitrogens with one attached hydrogen (secondary N) is 1. The van der Waals surface area contributed by atoms with E-state index < -0.39 is 6.04 Å². The van der Waals surface area contributed by atoms with Gasteiger partial charge in [0.05, 0.1) is 36.1 Å². The first-order valence-electron chi connectivity index (χ1n) is 15.6. The molecule has 0 fully saturated rings. The molecule has 44 heavy (non-hydrogen) atoms. The normalized spacial score (nSPS) is 20.7. The second-order valence-corrected chi connectivity index (χ2v) is 12.2. The molecule has 0 spiro atoms. The molecule has 3 amide bonds. The molecular weight excluding hydrogens is 556 g/mol. The lowest BCUT2D eigenvalue weighted by molar-refractivity contribution is -0.0115. The molecule has 1 aliphatic rings. The average molecular weight is 605 g/mol. The number of nitrogens with zero attached hydrogens (tertiary/aromatic N) is 3. The summed E-state index contributed by atoms with van der Waals surface area (Å²) >= 11 is 0. The Morgan fingerprint density at radius 3 is 2.57 bits per heavy atom. The summed E-state index contributed by atoms with van der Waals surface area (Å²) in [5.41, 5.74) is 2.11. The summed E-state index contributed by atoms with van der Waals surface area (Å²) in [4.78, 5) is 32.9. The molecule has 3 aromatic carbocycles. The summed E-state index contributed by atoms with van der Waals surface area (Å²) in [7, 11) is 5.63. The van der Waals surface area contributed by atoms with Crippen LogP contribution < -0.4 is 15.0 Å². The summed E-state index contributed by atoms with van der Waals surface area (Å²) in [6.45, 7) is 6.92. The molecule has 2 N–H and O–H groups in total. The highest BCUT2D eigenvalue weighted by Crippen LogP contribution is 2.29. The van der Waals surface area contributed by atoms with Gasteiger partial charge in [-0.2, -0.15) is 0 Å². The van der Waals surface area contributed by atoms with Crippen LogP contribution in [-0.4, -0.2) is 92.5 Å². The van der Waals surface area contributed by atoms with E-state index in [1.807, 2.05) is 100 Å². The van der Waals surface area contributed by atoms with Crippen LogP contribution in [0.5, 0.6) is 5.75 Å². The molecule has 9 nitrogen and oxygen atoms in total. The van der Waals surface area contributed by atoms with Crippen LogP contribution in [0.2, 0.25) is 0 Å². The quantitative estimate of drug-likeness (QED) is 0.366. The molecule has 9 heteroatoms. The minimum Gasteiger partial charge on any atom is -0.490 e. The van der Waals surface area contributed by atoms with Gasteiger partial charge in [-0.3, -0.25) is 4.79 Å². The molecule has 4 rings (SSSR count). The highest BCUT2D eigenvalue weighted by molar-refractivity contribution is 6.01. The van der Waals surface area contributed by atoms with E-state index in [0.29, 0.717) is 31.0 Å². The number of carbonyl (C=O) groups excluding carboxylic acids is 2. The van der Waals surface area contributed by atoms with Gasteiger partial charge in [0.1, 0.15) is 5.75 Å². The molecule has 0 aromatic heterocycles. The van der Waals surface area contributed by atoms with Crippen LogP contribution >= 0.6 is 0 Å². The second-order valence-electron chi connectivity index (χ2n) is 12.2. The van der Waals surface area contributed by atoms with Gasteiger partial charge in [-0.25, -0.2) is 4.79 Å². The van der Waals surface area contributed by atoms with E-state index in [1.54, 1.807) is 16.8 Å². The number of aliphatic hydroxyl groups excluding tert-OH is 1. The zero-order valence-electron chi connectivity index (χ0n) is 27.0. The van der Waals surface area contributed by atoms with E-state index in [1.165, 1.54) is 0 Å². The predicted molar refractivity (Wildman–Crippen MR) is 177 cm³/mol. The molecule has 238 valence electrons. The fourth-order valence-electron chi connectivity index (χ4n) is 5.55. The largest absolute Gasteiger partial charge is 0.490 e. The van der Waals surface area contributed by atoms with E-state index in [2.05, 4.69) is 5.32 Å². The predicted octanol–water partition coefficient (Wildman–Crippen LogP) is 5.87. The van der Waals surface area contributed by atoms with E-state index in [0.717, 1.165) is 41.4 Å². The van der Waals surface area contributed by atoms with Crippen LogP contribution in [0.25, 0.3) is 10.8 Å². The molecule has 0 radical (unpaired) electrons. The van der Waals surface area contributed by atoms with Gasteiger partial charge in [0.2, 0.25) is 0 Å². The molecule has 0 saturated carbocycles. The standard InChI is InChI=1S/C35H48N4O5/c1-24-21-39(25(2)23-40)34(41)30-20-28(37(4)5)17-18-32(30)44-26(3)12-9-10-19-43-33(24)22-38(6)35(42)36-31-16-11-14-27-13-7-8-15-29(27)31/h7-8,11,13-18,20,24-26,33,40H,9-10,12,19,21-23H2,1-6H3,(H,36,42)/t24-,25+,26+,33-/m0/s1. The first-order chi connectivity index (χ1) is 21.1. The van der Waals surface area contributed by atoms with Crippen LogP contribution in [0.15, 0.2) is 60.7 Å². The van der Waals surface area contributed by atoms with Crippen molar-refractivity contribution in [3.05, 3.63) is 66.2 Å². The van der Waals surface area contributed by atoms with E-state index in [-0.39, 0.29) is 36.7 Å². The van der Waals surface area contributed by atoms with Crippen molar-refractivity contribution >= 4 is 34.1 Å². The molecule has 0 saturated heterocycles. The maximum absolute atomic E-state index is 14.2. The van der Waals surface area contributed by atoms with Crippen LogP contribution in [-0.2, 0) is 4.74 Å². The van der Waals surface area contributed by atoms with Crippen molar-refractivity contribution in [1.82, 2.24) is 9.80 Å². The van der Waals surface area contributed by atoms with Gasteiger partial charge < -0.3 is 34.6 Å². The zero-order valence-corrected chi connectivity index (χ0v) is 27.0. The Kier molecular flexibility index (Phi) is 11.5. The number of likely N-dealkylation sites (N-methyl/N-ethyl adjacent to an activating group) is 1. The molecule has 4 atom stereocenters. The highest BCUT2D eigenvalue weighted by atomic mass is 16.5. The fourth-order valence-corrected chi connectivity index (χ4v) is 5.55. The van der Waals surface area contributed by atoms with Crippen LogP contribution in [0.4, 0.5) is 16.2 Å². The number of aliphatic hydroxyl groups is 1. The third-order valence-corrected chi connectivity index (χ3v) is 8.38. The maximum Gasteiger partial charge on any atom is 0.321 e. The van der Waals surface area contributed by atoms with E-state index in [9.17, 15) is 14.7 Å². The topological polar surface area (TPSA) is 94.6 Å². The Balaban J connectivity index is 1.58. The lowest BCUT2D eigenvalue weighted by Crippen LogP contribution is -2.48. The Labute approximate surface area is 261 Å². The number of rotatable bonds is 6. The zero-order chi connectivity index (χ0) is 31.8. The molecular formula is C35H48N4O5. The molecule has 0 aliphatic carbocycles. The number of anilines is 2. The monoisotopic (exact) mass is 604 g/mol. The van der Waals surface area contributed by atoms with Crippen molar-refractivity contribution in [3.63, 3.8) is 0 Å². The van der Waals surface area contributed by atoms with Gasteiger partial charge >= 0.3 is 6.03 Å². The van der Waals surface area contributed by atoms with Gasteiger partial charge in [-0.1, -0.05) is 43.3 Å². The third-order valence-electron chi connectivity index (χ3n) is 8.38. The number of fused-ring (bicyclic) bond motifs is 2. The summed E-state index contributed by atoms with van der Waals surface area (Å²) in [5.74, 6) is 0.205. The summed E-state index contributed by atoms with van der Waals surface area (Å²) in [5, 5.41) is 15.3. The Morgan fingerprint density at radius 1 is 1.07 bits per heavy atom. The van der Waals surface area contributed by atoms with Gasteiger partial charge in [0.15, 0.2) is 0 Å². The molecule has 0 unspecified atom stereocenters. The minimum atomic E-state index is -0.431. The number of urea groups is 1. The van der Waals surface area contributed by atoms with Crippen molar-refractivity contribution in [3.8, 4) is 5.75 Å². The average Bonchev–Trinajstić information content (AvgIpc) is 3.01. The Hall–Kier alpha value is -3.82. The summed E-state index contributed by atoms with van der Waals surface area (Å²) < 4.78 is 12.7. The lowest BCUT2D eigenvalue weighted by Gasteiger charge is -2.36. The van der Waals surface area contributed by atoms with E-state index >= 15 is 0 Å². The lowest BCUT2D eigenvalue weighted by atomic mass is 10.0. The van der Waals surface area contributed by atoms with Gasteiger partial charge in [0.25, 0.3) is 5.91 Å². The van der Waals surface area contributed by atoms with Gasteiger partial charge in [-0.05, 0) is 62.8 Å². The maximum atomic E-state index is 14.2. The van der Waals surface area contributed by atoms with Crippen LogP contribution in [0.3, 0.4) is 0 Å². The highest BCUT2D eigenvalue weighted by Gasteiger charge is 2.31. The van der Waals surface area contributed by atoms with Crippen molar-refractivity contribution in [2.24, 2.45) is 5.92 Å². The fraction of sp³-hybridized carbons (Fsp3) is 0.486. The Morgan fingerprint density at radius 2 is 1.82 bits per heavy atom. The van der Waals surface area contributed by atoms with Crippen LogP contribution in [0, 0.1) is 5.92 Å². The van der Waals surface area contributed by atoms with Gasteiger partial charge in [0, 0.05) is 57.8 Å². The summed E-state index contributed by atoms with van der Waals surface area (Å²) in [6.07, 6.45) is 2.16. The smallest absolute Gasteiger partial charge is 0.321 e. The second kappa shape index (κ2) is 15.3. The number of amides is 3. The summed E-state index contributed by atoms with van der Waals surface area (Å²) in [6, 6.07) is 18.8. The number of carbonyl (C=O) groups is 2. The third kappa shape index (κ3) is 8.21. The number of ether oxygens (including phenoxy) is 2. The van der Waals surface area contributed by atoms with Crippen molar-refractivity contribution in [2.75, 3.05) is 57.7 Å². The van der Waals surface area contributed by atoms with Crippen LogP contribution in [0.1, 0.15) is 50.4 Å². The molecule has 0 bridgehead atoms. The first kappa shape index (κ1) is 33.1. The van der Waals surface area contributed by atoms with Gasteiger partial charge in [-0.15, -0.1) is 0 Å². The van der Waals surface area contributed by atoms with Crippen molar-refractivity contribution < 1.29 is 24.2 Å². The minimum absolute atomic E-state index is 0.0861. The molecule has 3 aromatic rings. The molecule has 1 heterocycles. The number of hydrogen-bond donors (Lipinski definition) is 2. The molecule has 1 aliphatic heterocycles. The Bertz CT molecular complexity index is 1410. The number of hydrogen-bond acceptors (Lipinski definition) is 6. The SMILES string of the molecule is C[C@@H]1CCCCO[C@@H](CN(C)C(=O)Nc2cccc3ccccc23)[C@@H](C)CN([C@H](C)CO)C(=O)c2cc(N(C)C)ccc2O1.